The summed E-state index contributed by atoms with van der Waals surface area (Å²) < 4.78 is 0. The molecule has 1 amide bonds. The zero-order chi connectivity index (χ0) is 13.3. The molecule has 2 unspecified atom stereocenters. The Labute approximate surface area is 113 Å². The molecule has 2 atom stereocenters. The van der Waals surface area contributed by atoms with Gasteiger partial charge in [0.25, 0.3) is 11.6 Å². The second kappa shape index (κ2) is 5.09. The van der Waals surface area contributed by atoms with E-state index in [2.05, 4.69) is 27.8 Å². The lowest BCUT2D eigenvalue weighted by Crippen LogP contribution is -2.43. The fourth-order valence-electron chi connectivity index (χ4n) is 1.99. The molecule has 6 nitrogen and oxygen atoms in total. The van der Waals surface area contributed by atoms with Crippen molar-refractivity contribution in [3.05, 3.63) is 28.1 Å². The van der Waals surface area contributed by atoms with Gasteiger partial charge in [-0.3, -0.25) is 14.9 Å². The number of H-pyrrole nitrogens is 1. The molecular weight excluding hydrogens is 302 g/mol. The van der Waals surface area contributed by atoms with Gasteiger partial charge in [0.05, 0.1) is 11.1 Å². The molecule has 1 aromatic rings. The highest BCUT2D eigenvalue weighted by Crippen LogP contribution is 2.24. The van der Waals surface area contributed by atoms with Gasteiger partial charge in [-0.25, -0.2) is 0 Å². The van der Waals surface area contributed by atoms with Crippen molar-refractivity contribution < 1.29 is 9.72 Å². The monoisotopic (exact) mass is 315 g/mol. The Morgan fingerprint density at radius 1 is 1.67 bits per heavy atom. The first kappa shape index (κ1) is 13.1. The summed E-state index contributed by atoms with van der Waals surface area (Å²) in [6.45, 7) is 3.46. The number of carbonyl (C=O) groups excluding carboxylic acids is 1. The number of aromatic nitrogens is 1. The van der Waals surface area contributed by atoms with E-state index >= 15 is 0 Å². The average Bonchev–Trinajstić information content (AvgIpc) is 2.81. The highest BCUT2D eigenvalue weighted by Gasteiger charge is 2.28. The van der Waals surface area contributed by atoms with Crippen molar-refractivity contribution in [3.63, 3.8) is 0 Å². The Morgan fingerprint density at radius 2 is 2.39 bits per heavy atom. The van der Waals surface area contributed by atoms with E-state index in [1.54, 1.807) is 4.90 Å². The summed E-state index contributed by atoms with van der Waals surface area (Å²) >= 11 is 3.55. The van der Waals surface area contributed by atoms with E-state index in [1.807, 2.05) is 0 Å². The second-order valence-corrected chi connectivity index (χ2v) is 5.74. The van der Waals surface area contributed by atoms with E-state index < -0.39 is 4.92 Å². The van der Waals surface area contributed by atoms with Crippen molar-refractivity contribution in [1.82, 2.24) is 9.88 Å². The number of amides is 1. The lowest BCUT2D eigenvalue weighted by atomic mass is 9.99. The van der Waals surface area contributed by atoms with E-state index in [0.717, 1.165) is 6.42 Å². The van der Waals surface area contributed by atoms with Crippen LogP contribution in [0.25, 0.3) is 0 Å². The zero-order valence-corrected chi connectivity index (χ0v) is 11.5. The van der Waals surface area contributed by atoms with Crippen LogP contribution in [0.3, 0.4) is 0 Å². The molecule has 2 heterocycles. The van der Waals surface area contributed by atoms with Gasteiger partial charge in [-0.2, -0.15) is 0 Å². The van der Waals surface area contributed by atoms with Crippen LogP contribution in [0.15, 0.2) is 12.3 Å². The van der Waals surface area contributed by atoms with Crippen molar-refractivity contribution in [2.45, 2.75) is 18.2 Å². The Morgan fingerprint density at radius 3 is 2.94 bits per heavy atom. The first-order valence-electron chi connectivity index (χ1n) is 5.75. The quantitative estimate of drug-likeness (QED) is 0.516. The third-order valence-electron chi connectivity index (χ3n) is 3.26. The zero-order valence-electron chi connectivity index (χ0n) is 9.93. The number of halogens is 1. The minimum absolute atomic E-state index is 0.0841. The van der Waals surface area contributed by atoms with Gasteiger partial charge >= 0.3 is 0 Å². The number of nitrogens with one attached hydrogen (secondary N) is 1. The van der Waals surface area contributed by atoms with E-state index in [-0.39, 0.29) is 22.1 Å². The number of rotatable bonds is 2. The van der Waals surface area contributed by atoms with Gasteiger partial charge in [0, 0.05) is 24.0 Å². The lowest BCUT2D eigenvalue weighted by Gasteiger charge is -2.33. The highest BCUT2D eigenvalue weighted by molar-refractivity contribution is 9.09. The maximum absolute atomic E-state index is 12.1. The van der Waals surface area contributed by atoms with Gasteiger partial charge < -0.3 is 9.88 Å². The number of piperidine rings is 1. The summed E-state index contributed by atoms with van der Waals surface area (Å²) in [6.07, 6.45) is 2.18. The van der Waals surface area contributed by atoms with Crippen LogP contribution in [0.2, 0.25) is 0 Å². The van der Waals surface area contributed by atoms with Gasteiger partial charge in [0.15, 0.2) is 0 Å². The van der Waals surface area contributed by atoms with Crippen molar-refractivity contribution in [1.29, 1.82) is 0 Å². The van der Waals surface area contributed by atoms with Crippen molar-refractivity contribution in [3.8, 4) is 0 Å². The van der Waals surface area contributed by atoms with Gasteiger partial charge in [-0.05, 0) is 12.3 Å². The largest absolute Gasteiger partial charge is 0.351 e. The maximum Gasteiger partial charge on any atom is 0.287 e. The van der Waals surface area contributed by atoms with Crippen LogP contribution in [-0.4, -0.2) is 38.6 Å². The molecule has 0 radical (unpaired) electrons. The fraction of sp³-hybridized carbons (Fsp3) is 0.545. The number of hydrogen-bond acceptors (Lipinski definition) is 3. The smallest absolute Gasteiger partial charge is 0.287 e. The number of aromatic amines is 1. The summed E-state index contributed by atoms with van der Waals surface area (Å²) in [5, 5.41) is 10.6. The maximum atomic E-state index is 12.1. The molecule has 0 spiro atoms. The summed E-state index contributed by atoms with van der Waals surface area (Å²) in [4.78, 5) is 26.8. The van der Waals surface area contributed by atoms with Crippen molar-refractivity contribution >= 4 is 27.5 Å². The predicted octanol–water partition coefficient (Wildman–Crippen LogP) is 2.17. The molecule has 1 fully saturated rings. The van der Waals surface area contributed by atoms with Crippen LogP contribution in [0.5, 0.6) is 0 Å². The highest BCUT2D eigenvalue weighted by atomic mass is 79.9. The Balaban J connectivity index is 2.09. The third kappa shape index (κ3) is 2.55. The number of likely N-dealkylation sites (tertiary alicyclic amines) is 1. The normalized spacial score (nSPS) is 24.0. The fourth-order valence-corrected chi connectivity index (χ4v) is 2.60. The minimum atomic E-state index is -0.515. The first-order chi connectivity index (χ1) is 8.49. The summed E-state index contributed by atoms with van der Waals surface area (Å²) in [7, 11) is 0. The molecule has 1 aromatic heterocycles. The minimum Gasteiger partial charge on any atom is -0.351 e. The number of nitro groups is 1. The van der Waals surface area contributed by atoms with Crippen LogP contribution in [0.4, 0.5) is 5.69 Å². The van der Waals surface area contributed by atoms with Crippen LogP contribution in [0.1, 0.15) is 23.8 Å². The molecule has 1 aliphatic rings. The molecule has 1 saturated heterocycles. The first-order valence-corrected chi connectivity index (χ1v) is 6.66. The van der Waals surface area contributed by atoms with Crippen LogP contribution < -0.4 is 0 Å². The second-order valence-electron chi connectivity index (χ2n) is 4.56. The molecule has 0 aromatic carbocycles. The summed E-state index contributed by atoms with van der Waals surface area (Å²) in [5.74, 6) is 0.353. The Hall–Kier alpha value is -1.37. The van der Waals surface area contributed by atoms with Gasteiger partial charge in [-0.15, -0.1) is 0 Å². The number of alkyl halides is 1. The van der Waals surface area contributed by atoms with Crippen molar-refractivity contribution in [2.24, 2.45) is 5.92 Å². The van der Waals surface area contributed by atoms with E-state index in [1.165, 1.54) is 12.3 Å². The average molecular weight is 316 g/mol. The molecule has 0 aliphatic carbocycles. The van der Waals surface area contributed by atoms with Crippen LogP contribution in [0, 0.1) is 16.0 Å². The molecule has 2 rings (SSSR count). The summed E-state index contributed by atoms with van der Waals surface area (Å²) in [6, 6.07) is 1.28. The molecule has 1 N–H and O–H groups in total. The molecule has 1 aliphatic heterocycles. The van der Waals surface area contributed by atoms with E-state index in [4.69, 9.17) is 0 Å². The predicted molar refractivity (Wildman–Crippen MR) is 69.8 cm³/mol. The number of nitrogens with zero attached hydrogens (tertiary/aromatic N) is 2. The van der Waals surface area contributed by atoms with Gasteiger partial charge in [0.1, 0.15) is 5.69 Å². The van der Waals surface area contributed by atoms with E-state index in [0.29, 0.717) is 19.0 Å². The number of carbonyl (C=O) groups is 1. The topological polar surface area (TPSA) is 79.2 Å². The van der Waals surface area contributed by atoms with Crippen LogP contribution >= 0.6 is 15.9 Å². The molecule has 0 saturated carbocycles. The van der Waals surface area contributed by atoms with Crippen LogP contribution in [-0.2, 0) is 0 Å². The van der Waals surface area contributed by atoms with Gasteiger partial charge in [0.2, 0.25) is 0 Å². The molecule has 0 bridgehead atoms. The van der Waals surface area contributed by atoms with Crippen molar-refractivity contribution in [2.75, 3.05) is 13.1 Å². The molecular formula is C11H14BrN3O3. The third-order valence-corrected chi connectivity index (χ3v) is 4.45. The Bertz CT molecular complexity index is 474. The molecule has 98 valence electrons. The van der Waals surface area contributed by atoms with Gasteiger partial charge in [-0.1, -0.05) is 22.9 Å². The number of hydrogen-bond donors (Lipinski definition) is 1. The summed E-state index contributed by atoms with van der Waals surface area (Å²) in [5.41, 5.74) is 0.190. The van der Waals surface area contributed by atoms with E-state index in [9.17, 15) is 14.9 Å². The molecule has 7 heteroatoms. The lowest BCUT2D eigenvalue weighted by molar-refractivity contribution is -0.384. The SMILES string of the molecule is CC1CCN(C(=O)c2cc([N+](=O)[O-])c[nH]2)CC1Br. The Kier molecular flexibility index (Phi) is 3.70. The molecule has 18 heavy (non-hydrogen) atoms. The standard InChI is InChI=1S/C11H14BrN3O3/c1-7-2-3-14(6-9(7)12)11(16)10-4-8(5-13-10)15(17)18/h4-5,7,9,13H,2-3,6H2,1H3.